The van der Waals surface area contributed by atoms with Gasteiger partial charge in [-0.25, -0.2) is 0 Å². The lowest BCUT2D eigenvalue weighted by atomic mass is 10.2. The fourth-order valence-electron chi connectivity index (χ4n) is 4.20. The number of rotatable bonds is 10. The van der Waals surface area contributed by atoms with Crippen molar-refractivity contribution in [1.29, 1.82) is 0 Å². The summed E-state index contributed by atoms with van der Waals surface area (Å²) in [6.45, 7) is -0.0763. The van der Waals surface area contributed by atoms with Gasteiger partial charge in [-0.2, -0.15) is 4.80 Å². The zero-order chi connectivity index (χ0) is 25.5. The second-order valence-electron chi connectivity index (χ2n) is 8.60. The van der Waals surface area contributed by atoms with Gasteiger partial charge in [0.25, 0.3) is 0 Å². The number of nitrogens with one attached hydrogen (secondary N) is 1. The maximum atomic E-state index is 13.3. The van der Waals surface area contributed by atoms with E-state index in [9.17, 15) is 9.59 Å². The number of nitrogens with zero attached hydrogens (tertiary/aromatic N) is 5. The predicted molar refractivity (Wildman–Crippen MR) is 134 cm³/mol. The molecule has 4 rings (SSSR count). The number of aromatic nitrogens is 4. The summed E-state index contributed by atoms with van der Waals surface area (Å²) < 4.78 is 10.6. The molecule has 11 heteroatoms. The van der Waals surface area contributed by atoms with Crippen molar-refractivity contribution in [1.82, 2.24) is 30.4 Å². The minimum atomic E-state index is -0.326. The Balaban J connectivity index is 1.48. The monoisotopic (exact) mass is 512 g/mol. The van der Waals surface area contributed by atoms with Crippen LogP contribution in [0.1, 0.15) is 31.2 Å². The third kappa shape index (κ3) is 6.31. The molecule has 1 saturated carbocycles. The van der Waals surface area contributed by atoms with E-state index in [-0.39, 0.29) is 37.5 Å². The molecule has 10 nitrogen and oxygen atoms in total. The van der Waals surface area contributed by atoms with Gasteiger partial charge in [-0.05, 0) is 47.9 Å². The summed E-state index contributed by atoms with van der Waals surface area (Å²) in [4.78, 5) is 28.7. The third-order valence-electron chi connectivity index (χ3n) is 6.10. The highest BCUT2D eigenvalue weighted by molar-refractivity contribution is 6.31. The lowest BCUT2D eigenvalue weighted by Crippen LogP contribution is -2.44. The highest BCUT2D eigenvalue weighted by Crippen LogP contribution is 2.30. The van der Waals surface area contributed by atoms with Gasteiger partial charge in [-0.3, -0.25) is 9.59 Å². The molecule has 190 valence electrons. The topological polar surface area (TPSA) is 111 Å². The molecule has 0 bridgehead atoms. The molecule has 0 atom stereocenters. The molecule has 1 aromatic heterocycles. The van der Waals surface area contributed by atoms with Crippen molar-refractivity contribution < 1.29 is 19.1 Å². The maximum absolute atomic E-state index is 13.3. The number of ether oxygens (including phenoxy) is 2. The van der Waals surface area contributed by atoms with E-state index in [1.165, 1.54) is 9.70 Å². The minimum Gasteiger partial charge on any atom is -0.493 e. The second-order valence-corrected chi connectivity index (χ2v) is 9.01. The fraction of sp³-hybridized carbons (Fsp3) is 0.400. The smallest absolute Gasteiger partial charge is 0.247 e. The first-order chi connectivity index (χ1) is 17.5. The summed E-state index contributed by atoms with van der Waals surface area (Å²) in [6.07, 6.45) is 4.14. The lowest BCUT2D eigenvalue weighted by Gasteiger charge is -2.23. The predicted octanol–water partition coefficient (Wildman–Crippen LogP) is 3.10. The Labute approximate surface area is 214 Å². The first-order valence-electron chi connectivity index (χ1n) is 11.8. The molecule has 0 spiro atoms. The average molecular weight is 513 g/mol. The van der Waals surface area contributed by atoms with E-state index in [4.69, 9.17) is 21.1 Å². The van der Waals surface area contributed by atoms with Gasteiger partial charge in [0.05, 0.1) is 20.8 Å². The van der Waals surface area contributed by atoms with Gasteiger partial charge >= 0.3 is 0 Å². The van der Waals surface area contributed by atoms with Crippen molar-refractivity contribution in [3.05, 3.63) is 53.1 Å². The summed E-state index contributed by atoms with van der Waals surface area (Å²) in [7, 11) is 3.10. The molecule has 0 saturated heterocycles. The van der Waals surface area contributed by atoms with Crippen LogP contribution < -0.4 is 14.8 Å². The molecule has 1 heterocycles. The van der Waals surface area contributed by atoms with Crippen molar-refractivity contribution in [2.45, 2.75) is 44.8 Å². The molecule has 1 fully saturated rings. The highest BCUT2D eigenvalue weighted by Gasteiger charge is 2.23. The number of carbonyl (C=O) groups is 2. The Kier molecular flexibility index (Phi) is 8.37. The Hall–Kier alpha value is -3.66. The second kappa shape index (κ2) is 11.9. The molecule has 0 aliphatic heterocycles. The number of halogens is 1. The summed E-state index contributed by atoms with van der Waals surface area (Å²) in [5, 5.41) is 16.0. The summed E-state index contributed by atoms with van der Waals surface area (Å²) >= 11 is 6.33. The highest BCUT2D eigenvalue weighted by atomic mass is 35.5. The van der Waals surface area contributed by atoms with Crippen LogP contribution in [0.15, 0.2) is 42.5 Å². The van der Waals surface area contributed by atoms with E-state index in [2.05, 4.69) is 20.7 Å². The van der Waals surface area contributed by atoms with Crippen LogP contribution in [0.3, 0.4) is 0 Å². The lowest BCUT2D eigenvalue weighted by molar-refractivity contribution is -0.137. The van der Waals surface area contributed by atoms with Gasteiger partial charge in [-0.1, -0.05) is 42.6 Å². The van der Waals surface area contributed by atoms with E-state index in [1.807, 2.05) is 18.2 Å². The van der Waals surface area contributed by atoms with E-state index in [0.29, 0.717) is 27.9 Å². The molecule has 0 radical (unpaired) electrons. The molecule has 2 amide bonds. The molecular weight excluding hydrogens is 484 g/mol. The number of tetrazole rings is 1. The quantitative estimate of drug-likeness (QED) is 0.444. The van der Waals surface area contributed by atoms with E-state index in [1.54, 1.807) is 38.5 Å². The summed E-state index contributed by atoms with van der Waals surface area (Å²) in [5.74, 6) is 0.921. The summed E-state index contributed by atoms with van der Waals surface area (Å²) in [6, 6.07) is 12.7. The first-order valence-corrected chi connectivity index (χ1v) is 12.2. The Morgan fingerprint density at radius 1 is 1.11 bits per heavy atom. The standard InChI is InChI=1S/C25H29ClN6O4/c1-35-21-12-11-17(13-22(21)36-2)25-28-30-32(29-25)16-24(34)31(14-18-7-3-6-10-20(18)26)15-23(33)27-19-8-4-5-9-19/h3,6-7,10-13,19H,4-5,8-9,14-16H2,1-2H3,(H,27,33). The third-order valence-corrected chi connectivity index (χ3v) is 6.47. The van der Waals surface area contributed by atoms with Crippen LogP contribution in [-0.4, -0.2) is 63.7 Å². The first kappa shape index (κ1) is 25.4. The van der Waals surface area contributed by atoms with Gasteiger partial charge in [0.1, 0.15) is 6.54 Å². The minimum absolute atomic E-state index is 0.0855. The molecule has 36 heavy (non-hydrogen) atoms. The normalized spacial score (nSPS) is 13.4. The van der Waals surface area contributed by atoms with E-state index in [0.717, 1.165) is 31.2 Å². The number of methoxy groups -OCH3 is 2. The number of benzene rings is 2. The molecule has 1 N–H and O–H groups in total. The SMILES string of the molecule is COc1ccc(-c2nnn(CC(=O)N(CC(=O)NC3CCCC3)Cc3ccccc3Cl)n2)cc1OC. The fourth-order valence-corrected chi connectivity index (χ4v) is 4.40. The number of amides is 2. The molecule has 1 aliphatic carbocycles. The maximum Gasteiger partial charge on any atom is 0.247 e. The van der Waals surface area contributed by atoms with Crippen LogP contribution in [0.5, 0.6) is 11.5 Å². The Morgan fingerprint density at radius 2 is 1.86 bits per heavy atom. The molecule has 2 aromatic carbocycles. The van der Waals surface area contributed by atoms with Crippen LogP contribution in [0.2, 0.25) is 5.02 Å². The van der Waals surface area contributed by atoms with Crippen LogP contribution in [0, 0.1) is 0 Å². The molecule has 1 aliphatic rings. The van der Waals surface area contributed by atoms with Crippen molar-refractivity contribution in [3.63, 3.8) is 0 Å². The van der Waals surface area contributed by atoms with Crippen LogP contribution >= 0.6 is 11.6 Å². The van der Waals surface area contributed by atoms with Gasteiger partial charge in [-0.15, -0.1) is 10.2 Å². The van der Waals surface area contributed by atoms with Crippen molar-refractivity contribution in [2.75, 3.05) is 20.8 Å². The van der Waals surface area contributed by atoms with Gasteiger partial charge in [0.2, 0.25) is 17.6 Å². The van der Waals surface area contributed by atoms with Crippen molar-refractivity contribution in [3.8, 4) is 22.9 Å². The van der Waals surface area contributed by atoms with Crippen LogP contribution in [-0.2, 0) is 22.7 Å². The van der Waals surface area contributed by atoms with Gasteiger partial charge < -0.3 is 19.7 Å². The molecular formula is C25H29ClN6O4. The van der Waals surface area contributed by atoms with E-state index < -0.39 is 0 Å². The van der Waals surface area contributed by atoms with E-state index >= 15 is 0 Å². The van der Waals surface area contributed by atoms with Crippen LogP contribution in [0.25, 0.3) is 11.4 Å². The number of hydrogen-bond donors (Lipinski definition) is 1. The Morgan fingerprint density at radius 3 is 2.58 bits per heavy atom. The molecule has 3 aromatic rings. The number of hydrogen-bond acceptors (Lipinski definition) is 7. The summed E-state index contributed by atoms with van der Waals surface area (Å²) in [5.41, 5.74) is 1.41. The van der Waals surface area contributed by atoms with Crippen molar-refractivity contribution in [2.24, 2.45) is 0 Å². The van der Waals surface area contributed by atoms with Crippen LogP contribution in [0.4, 0.5) is 0 Å². The number of carbonyl (C=O) groups excluding carboxylic acids is 2. The average Bonchev–Trinajstić information content (AvgIpc) is 3.56. The van der Waals surface area contributed by atoms with Gasteiger partial charge in [0, 0.05) is 23.2 Å². The zero-order valence-electron chi connectivity index (χ0n) is 20.3. The Bertz CT molecular complexity index is 1210. The molecule has 0 unspecified atom stereocenters. The van der Waals surface area contributed by atoms with Crippen molar-refractivity contribution >= 4 is 23.4 Å². The largest absolute Gasteiger partial charge is 0.493 e. The van der Waals surface area contributed by atoms with Gasteiger partial charge in [0.15, 0.2) is 11.5 Å². The zero-order valence-corrected chi connectivity index (χ0v) is 21.1.